The number of carbonyl (C=O) groups is 2. The largest absolute Gasteiger partial charge is 0.385 e. The van der Waals surface area contributed by atoms with Gasteiger partial charge in [-0.1, -0.05) is 0 Å². The number of ether oxygens (including phenoxy) is 1. The fraction of sp³-hybridized carbons (Fsp3) is 0.222. The maximum absolute atomic E-state index is 12.5. The van der Waals surface area contributed by atoms with Crippen molar-refractivity contribution in [2.45, 2.75) is 6.42 Å². The average Bonchev–Trinajstić information content (AvgIpc) is 3.22. The van der Waals surface area contributed by atoms with E-state index < -0.39 is 4.92 Å². The third-order valence-electron chi connectivity index (χ3n) is 4.00. The lowest BCUT2D eigenvalue weighted by Gasteiger charge is -2.11. The predicted molar refractivity (Wildman–Crippen MR) is 102 cm³/mol. The molecule has 2 aromatic rings. The highest BCUT2D eigenvalue weighted by atomic mass is 32.2. The Morgan fingerprint density at radius 2 is 1.96 bits per heavy atom. The van der Waals surface area contributed by atoms with Gasteiger partial charge in [-0.25, -0.2) is 0 Å². The van der Waals surface area contributed by atoms with Gasteiger partial charge in [0.05, 0.1) is 9.83 Å². The van der Waals surface area contributed by atoms with Crippen molar-refractivity contribution in [3.05, 3.63) is 63.3 Å². The van der Waals surface area contributed by atoms with Gasteiger partial charge in [0, 0.05) is 50.0 Å². The van der Waals surface area contributed by atoms with Crippen LogP contribution in [0.4, 0.5) is 10.5 Å². The van der Waals surface area contributed by atoms with Gasteiger partial charge in [0.2, 0.25) is 0 Å². The molecule has 140 valence electrons. The Hall–Kier alpha value is -2.91. The number of imide groups is 1. The number of amides is 2. The highest BCUT2D eigenvalue weighted by Crippen LogP contribution is 2.32. The minimum atomic E-state index is -0.458. The number of nitro groups is 1. The summed E-state index contributed by atoms with van der Waals surface area (Å²) >= 11 is 0.903. The van der Waals surface area contributed by atoms with Crippen molar-refractivity contribution in [3.63, 3.8) is 0 Å². The van der Waals surface area contributed by atoms with Crippen LogP contribution in [-0.2, 0) is 9.53 Å². The summed E-state index contributed by atoms with van der Waals surface area (Å²) < 4.78 is 6.75. The zero-order valence-electron chi connectivity index (χ0n) is 14.5. The van der Waals surface area contributed by atoms with Crippen molar-refractivity contribution >= 4 is 34.7 Å². The predicted octanol–water partition coefficient (Wildman–Crippen LogP) is 3.46. The Labute approximate surface area is 159 Å². The number of nitro benzene ring substituents is 1. The van der Waals surface area contributed by atoms with Gasteiger partial charge in [0.1, 0.15) is 0 Å². The zero-order valence-corrected chi connectivity index (χ0v) is 15.3. The van der Waals surface area contributed by atoms with Crippen LogP contribution in [0.3, 0.4) is 0 Å². The number of aromatic nitrogens is 1. The van der Waals surface area contributed by atoms with Gasteiger partial charge in [-0.2, -0.15) is 0 Å². The molecule has 9 heteroatoms. The molecule has 0 radical (unpaired) electrons. The normalized spacial score (nSPS) is 15.7. The van der Waals surface area contributed by atoms with Crippen LogP contribution in [0.5, 0.6) is 0 Å². The van der Waals surface area contributed by atoms with E-state index in [-0.39, 0.29) is 16.8 Å². The Bertz CT molecular complexity index is 904. The number of benzene rings is 1. The first-order chi connectivity index (χ1) is 13.0. The quantitative estimate of drug-likeness (QED) is 0.312. The Kier molecular flexibility index (Phi) is 5.72. The van der Waals surface area contributed by atoms with E-state index >= 15 is 0 Å². The molecule has 8 nitrogen and oxygen atoms in total. The molecule has 0 saturated carbocycles. The summed E-state index contributed by atoms with van der Waals surface area (Å²) in [5.74, 6) is -0.322. The zero-order chi connectivity index (χ0) is 19.4. The molecule has 0 aliphatic carbocycles. The van der Waals surface area contributed by atoms with Crippen molar-refractivity contribution in [2.75, 3.05) is 20.3 Å². The molecule has 0 spiro atoms. The van der Waals surface area contributed by atoms with Crippen LogP contribution in [0.1, 0.15) is 12.1 Å². The second-order valence-electron chi connectivity index (χ2n) is 5.76. The number of rotatable bonds is 7. The van der Waals surface area contributed by atoms with Gasteiger partial charge in [-0.15, -0.1) is 0 Å². The Morgan fingerprint density at radius 1 is 1.22 bits per heavy atom. The summed E-state index contributed by atoms with van der Waals surface area (Å²) in [5, 5.41) is 10.5. The second-order valence-corrected chi connectivity index (χ2v) is 6.75. The summed E-state index contributed by atoms with van der Waals surface area (Å²) in [5.41, 5.74) is 1.42. The van der Waals surface area contributed by atoms with Crippen LogP contribution >= 0.6 is 11.8 Å². The summed E-state index contributed by atoms with van der Waals surface area (Å²) in [4.78, 5) is 36.5. The first-order valence-electron chi connectivity index (χ1n) is 8.18. The van der Waals surface area contributed by atoms with Crippen LogP contribution in [0.2, 0.25) is 0 Å². The molecule has 1 aromatic carbocycles. The summed E-state index contributed by atoms with van der Waals surface area (Å²) in [7, 11) is 1.57. The van der Waals surface area contributed by atoms with E-state index in [0.29, 0.717) is 30.2 Å². The lowest BCUT2D eigenvalue weighted by molar-refractivity contribution is -0.384. The van der Waals surface area contributed by atoms with Gasteiger partial charge in [-0.05, 0) is 48.5 Å². The fourth-order valence-electron chi connectivity index (χ4n) is 2.68. The standard InChI is InChI=1S/C18H17N3O5S/c1-26-11-3-10-20-17(22)16(27-18(20)23)12-15-4-2-9-19(15)13-5-7-14(8-6-13)21(24)25/h2,4-9,12H,3,10-11H2,1H3/b16-12+. The number of hydrogen-bond donors (Lipinski definition) is 0. The number of carbonyl (C=O) groups excluding carboxylic acids is 2. The molecule has 3 rings (SSSR count). The van der Waals surface area contributed by atoms with Crippen LogP contribution in [0, 0.1) is 10.1 Å². The van der Waals surface area contributed by atoms with E-state index in [1.54, 1.807) is 48.2 Å². The summed E-state index contributed by atoms with van der Waals surface area (Å²) in [6.45, 7) is 0.795. The second kappa shape index (κ2) is 8.19. The molecular weight excluding hydrogens is 370 g/mol. The van der Waals surface area contributed by atoms with Gasteiger partial charge in [0.15, 0.2) is 0 Å². The lowest BCUT2D eigenvalue weighted by atomic mass is 10.2. The number of nitrogens with zero attached hydrogens (tertiary/aromatic N) is 3. The molecule has 0 unspecified atom stereocenters. The van der Waals surface area contributed by atoms with Crippen LogP contribution in [-0.4, -0.2) is 45.8 Å². The lowest BCUT2D eigenvalue weighted by Crippen LogP contribution is -2.29. The SMILES string of the molecule is COCCCN1C(=O)S/C(=C/c2cccn2-c2ccc([N+](=O)[O-])cc2)C1=O. The van der Waals surface area contributed by atoms with Crippen LogP contribution < -0.4 is 0 Å². The molecule has 0 bridgehead atoms. The van der Waals surface area contributed by atoms with E-state index in [1.807, 2.05) is 0 Å². The number of thioether (sulfide) groups is 1. The van der Waals surface area contributed by atoms with Crippen molar-refractivity contribution < 1.29 is 19.2 Å². The van der Waals surface area contributed by atoms with E-state index in [0.717, 1.165) is 17.4 Å². The Balaban J connectivity index is 1.82. The maximum atomic E-state index is 12.5. The molecule has 1 saturated heterocycles. The Morgan fingerprint density at radius 3 is 2.63 bits per heavy atom. The third kappa shape index (κ3) is 4.09. The summed E-state index contributed by atoms with van der Waals surface area (Å²) in [6, 6.07) is 9.71. The van der Waals surface area contributed by atoms with E-state index in [9.17, 15) is 19.7 Å². The molecular formula is C18H17N3O5S. The molecule has 0 atom stereocenters. The van der Waals surface area contributed by atoms with Crippen molar-refractivity contribution in [3.8, 4) is 5.69 Å². The molecule has 2 amide bonds. The van der Waals surface area contributed by atoms with Gasteiger partial charge in [0.25, 0.3) is 16.8 Å². The summed E-state index contributed by atoms with van der Waals surface area (Å²) in [6.07, 6.45) is 4.03. The van der Waals surface area contributed by atoms with E-state index in [1.165, 1.54) is 17.0 Å². The molecule has 1 aliphatic rings. The van der Waals surface area contributed by atoms with Crippen molar-refractivity contribution in [1.29, 1.82) is 0 Å². The molecule has 1 aromatic heterocycles. The minimum Gasteiger partial charge on any atom is -0.385 e. The smallest absolute Gasteiger partial charge is 0.293 e. The molecule has 2 heterocycles. The molecule has 27 heavy (non-hydrogen) atoms. The number of hydrogen-bond acceptors (Lipinski definition) is 6. The van der Waals surface area contributed by atoms with Crippen LogP contribution in [0.25, 0.3) is 11.8 Å². The monoisotopic (exact) mass is 387 g/mol. The van der Waals surface area contributed by atoms with Gasteiger partial charge < -0.3 is 9.30 Å². The third-order valence-corrected chi connectivity index (χ3v) is 4.91. The first kappa shape index (κ1) is 18.9. The molecule has 1 aliphatic heterocycles. The van der Waals surface area contributed by atoms with Gasteiger partial charge in [-0.3, -0.25) is 24.6 Å². The average molecular weight is 387 g/mol. The maximum Gasteiger partial charge on any atom is 0.293 e. The topological polar surface area (TPSA) is 94.7 Å². The first-order valence-corrected chi connectivity index (χ1v) is 8.99. The number of methoxy groups -OCH3 is 1. The van der Waals surface area contributed by atoms with E-state index in [4.69, 9.17) is 4.74 Å². The molecule has 0 N–H and O–H groups in total. The number of non-ortho nitro benzene ring substituents is 1. The fourth-order valence-corrected chi connectivity index (χ4v) is 3.53. The highest BCUT2D eigenvalue weighted by Gasteiger charge is 2.34. The highest BCUT2D eigenvalue weighted by molar-refractivity contribution is 8.18. The molecule has 1 fully saturated rings. The van der Waals surface area contributed by atoms with Crippen molar-refractivity contribution in [2.24, 2.45) is 0 Å². The minimum absolute atomic E-state index is 0.00429. The van der Waals surface area contributed by atoms with E-state index in [2.05, 4.69) is 0 Å². The van der Waals surface area contributed by atoms with Gasteiger partial charge >= 0.3 is 0 Å². The van der Waals surface area contributed by atoms with Crippen LogP contribution in [0.15, 0.2) is 47.5 Å². The van der Waals surface area contributed by atoms with Crippen molar-refractivity contribution in [1.82, 2.24) is 9.47 Å².